The summed E-state index contributed by atoms with van der Waals surface area (Å²) in [5, 5.41) is 11.4. The first-order valence-electron chi connectivity index (χ1n) is 6.16. The fourth-order valence-corrected chi connectivity index (χ4v) is 1.83. The normalized spacial score (nSPS) is 11.5. The molecular formula is C15H14F2N2O2. The zero-order valence-electron chi connectivity index (χ0n) is 11.3. The predicted octanol–water partition coefficient (Wildman–Crippen LogP) is 2.95. The lowest BCUT2D eigenvalue weighted by Gasteiger charge is -2.10. The molecule has 4 nitrogen and oxygen atoms in total. The van der Waals surface area contributed by atoms with Gasteiger partial charge in [-0.05, 0) is 42.3 Å². The van der Waals surface area contributed by atoms with Crippen LogP contribution in [0.2, 0.25) is 0 Å². The molecule has 2 aromatic rings. The van der Waals surface area contributed by atoms with Gasteiger partial charge in [0.1, 0.15) is 24.0 Å². The Bertz CT molecular complexity index is 687. The van der Waals surface area contributed by atoms with Crippen LogP contribution in [-0.2, 0) is 6.61 Å². The average Bonchev–Trinajstić information content (AvgIpc) is 2.46. The summed E-state index contributed by atoms with van der Waals surface area (Å²) >= 11 is 0. The Hall–Kier alpha value is -2.63. The second-order valence-corrected chi connectivity index (χ2v) is 4.53. The van der Waals surface area contributed by atoms with E-state index in [-0.39, 0.29) is 18.0 Å². The SMILES string of the molecule is Cc1ccc(F)cc1OCc1cc(F)cc(/C(N)=N/O)c1. The zero-order chi connectivity index (χ0) is 15.4. The van der Waals surface area contributed by atoms with Crippen LogP contribution >= 0.6 is 0 Å². The highest BCUT2D eigenvalue weighted by molar-refractivity contribution is 5.97. The van der Waals surface area contributed by atoms with Crippen molar-refractivity contribution in [3.63, 3.8) is 0 Å². The monoisotopic (exact) mass is 292 g/mol. The first kappa shape index (κ1) is 14.8. The van der Waals surface area contributed by atoms with Crippen LogP contribution in [0.4, 0.5) is 8.78 Å². The zero-order valence-corrected chi connectivity index (χ0v) is 11.3. The molecule has 0 heterocycles. The second kappa shape index (κ2) is 6.21. The summed E-state index contributed by atoms with van der Waals surface area (Å²) in [6.45, 7) is 1.82. The predicted molar refractivity (Wildman–Crippen MR) is 74.4 cm³/mol. The maximum atomic E-state index is 13.5. The van der Waals surface area contributed by atoms with Crippen molar-refractivity contribution in [1.82, 2.24) is 0 Å². The number of ether oxygens (including phenoxy) is 1. The molecule has 0 unspecified atom stereocenters. The number of nitrogens with zero attached hydrogens (tertiary/aromatic N) is 1. The van der Waals surface area contributed by atoms with E-state index in [0.717, 1.165) is 11.6 Å². The topological polar surface area (TPSA) is 67.8 Å². The van der Waals surface area contributed by atoms with Crippen molar-refractivity contribution < 1.29 is 18.7 Å². The van der Waals surface area contributed by atoms with Gasteiger partial charge in [-0.1, -0.05) is 11.2 Å². The first-order chi connectivity index (χ1) is 9.99. The van der Waals surface area contributed by atoms with Crippen molar-refractivity contribution >= 4 is 5.84 Å². The highest BCUT2D eigenvalue weighted by Crippen LogP contribution is 2.20. The Labute approximate surface area is 120 Å². The summed E-state index contributed by atoms with van der Waals surface area (Å²) in [7, 11) is 0. The molecular weight excluding hydrogens is 278 g/mol. The Morgan fingerprint density at radius 3 is 2.67 bits per heavy atom. The van der Waals surface area contributed by atoms with Crippen LogP contribution in [0.15, 0.2) is 41.6 Å². The van der Waals surface area contributed by atoms with E-state index in [9.17, 15) is 8.78 Å². The maximum Gasteiger partial charge on any atom is 0.170 e. The molecule has 0 spiro atoms. The molecule has 0 fully saturated rings. The lowest BCUT2D eigenvalue weighted by atomic mass is 10.1. The van der Waals surface area contributed by atoms with E-state index in [0.29, 0.717) is 11.3 Å². The van der Waals surface area contributed by atoms with Crippen molar-refractivity contribution in [2.45, 2.75) is 13.5 Å². The van der Waals surface area contributed by atoms with Crippen molar-refractivity contribution in [2.75, 3.05) is 0 Å². The fraction of sp³-hybridized carbons (Fsp3) is 0.133. The number of rotatable bonds is 4. The lowest BCUT2D eigenvalue weighted by Crippen LogP contribution is -2.14. The minimum absolute atomic E-state index is 0.0355. The van der Waals surface area contributed by atoms with Crippen LogP contribution in [0.5, 0.6) is 5.75 Å². The van der Waals surface area contributed by atoms with Crippen molar-refractivity contribution in [1.29, 1.82) is 0 Å². The Morgan fingerprint density at radius 1 is 1.19 bits per heavy atom. The van der Waals surface area contributed by atoms with Crippen molar-refractivity contribution in [3.8, 4) is 5.75 Å². The van der Waals surface area contributed by atoms with E-state index >= 15 is 0 Å². The molecule has 0 amide bonds. The maximum absolute atomic E-state index is 13.5. The summed E-state index contributed by atoms with van der Waals surface area (Å²) in [4.78, 5) is 0. The number of benzene rings is 2. The van der Waals surface area contributed by atoms with Gasteiger partial charge >= 0.3 is 0 Å². The Morgan fingerprint density at radius 2 is 1.95 bits per heavy atom. The van der Waals surface area contributed by atoms with Crippen molar-refractivity contribution in [2.24, 2.45) is 10.9 Å². The number of amidine groups is 1. The number of halogens is 2. The molecule has 0 saturated heterocycles. The summed E-state index contributed by atoms with van der Waals surface area (Å²) in [6, 6.07) is 8.14. The van der Waals surface area contributed by atoms with E-state index in [1.165, 1.54) is 24.3 Å². The van der Waals surface area contributed by atoms with Crippen LogP contribution in [0, 0.1) is 18.6 Å². The third-order valence-corrected chi connectivity index (χ3v) is 2.91. The molecule has 3 N–H and O–H groups in total. The van der Waals surface area contributed by atoms with Gasteiger partial charge in [0.05, 0.1) is 0 Å². The molecule has 110 valence electrons. The minimum atomic E-state index is -0.534. The number of hydrogen-bond acceptors (Lipinski definition) is 3. The quantitative estimate of drug-likeness (QED) is 0.394. The Balaban J connectivity index is 2.20. The highest BCUT2D eigenvalue weighted by Gasteiger charge is 2.07. The molecule has 6 heteroatoms. The van der Waals surface area contributed by atoms with E-state index in [1.807, 2.05) is 0 Å². The third kappa shape index (κ3) is 3.68. The molecule has 0 aliphatic carbocycles. The summed E-state index contributed by atoms with van der Waals surface area (Å²) in [6.07, 6.45) is 0. The van der Waals surface area contributed by atoms with E-state index < -0.39 is 11.6 Å². The number of nitrogens with two attached hydrogens (primary N) is 1. The fourth-order valence-electron chi connectivity index (χ4n) is 1.83. The van der Waals surface area contributed by atoms with Gasteiger partial charge in [0.2, 0.25) is 0 Å². The highest BCUT2D eigenvalue weighted by atomic mass is 19.1. The molecule has 0 saturated carbocycles. The molecule has 0 radical (unpaired) electrons. The van der Waals surface area contributed by atoms with E-state index in [1.54, 1.807) is 13.0 Å². The van der Waals surface area contributed by atoms with Gasteiger partial charge in [0.25, 0.3) is 0 Å². The molecule has 21 heavy (non-hydrogen) atoms. The molecule has 0 bridgehead atoms. The third-order valence-electron chi connectivity index (χ3n) is 2.91. The van der Waals surface area contributed by atoms with Crippen LogP contribution in [0.3, 0.4) is 0 Å². The summed E-state index contributed by atoms with van der Waals surface area (Å²) in [5.74, 6) is -0.761. The molecule has 0 aromatic heterocycles. The molecule has 0 aliphatic rings. The van der Waals surface area contributed by atoms with Gasteiger partial charge in [-0.2, -0.15) is 0 Å². The number of hydrogen-bond donors (Lipinski definition) is 2. The molecule has 0 atom stereocenters. The van der Waals surface area contributed by atoms with Crippen LogP contribution < -0.4 is 10.5 Å². The number of aryl methyl sites for hydroxylation is 1. The number of oxime groups is 1. The van der Waals surface area contributed by atoms with Crippen LogP contribution in [-0.4, -0.2) is 11.0 Å². The van der Waals surface area contributed by atoms with Crippen molar-refractivity contribution in [3.05, 3.63) is 64.7 Å². The molecule has 0 aliphatic heterocycles. The van der Waals surface area contributed by atoms with Crippen LogP contribution in [0.25, 0.3) is 0 Å². The van der Waals surface area contributed by atoms with Gasteiger partial charge in [0, 0.05) is 11.6 Å². The summed E-state index contributed by atoms with van der Waals surface area (Å²) in [5.41, 5.74) is 6.92. The Kier molecular flexibility index (Phi) is 4.37. The summed E-state index contributed by atoms with van der Waals surface area (Å²) < 4.78 is 32.1. The van der Waals surface area contributed by atoms with Crippen LogP contribution in [0.1, 0.15) is 16.7 Å². The standard InChI is InChI=1S/C15H14F2N2O2/c1-9-2-3-12(16)7-14(9)21-8-10-4-11(15(18)19-20)6-13(17)5-10/h2-7,20H,8H2,1H3,(H2,18,19). The lowest BCUT2D eigenvalue weighted by molar-refractivity contribution is 0.301. The van der Waals surface area contributed by atoms with Gasteiger partial charge in [-0.25, -0.2) is 8.78 Å². The van der Waals surface area contributed by atoms with Gasteiger partial charge in [0.15, 0.2) is 5.84 Å². The van der Waals surface area contributed by atoms with E-state index in [2.05, 4.69) is 5.16 Å². The molecule has 2 aromatic carbocycles. The molecule has 2 rings (SSSR count). The first-order valence-corrected chi connectivity index (χ1v) is 6.16. The largest absolute Gasteiger partial charge is 0.489 e. The average molecular weight is 292 g/mol. The smallest absolute Gasteiger partial charge is 0.170 e. The van der Waals surface area contributed by atoms with Gasteiger partial charge in [-0.15, -0.1) is 0 Å². The van der Waals surface area contributed by atoms with Gasteiger partial charge < -0.3 is 15.7 Å². The minimum Gasteiger partial charge on any atom is -0.489 e. The van der Waals surface area contributed by atoms with Gasteiger partial charge in [-0.3, -0.25) is 0 Å². The van der Waals surface area contributed by atoms with E-state index in [4.69, 9.17) is 15.7 Å². The second-order valence-electron chi connectivity index (χ2n) is 4.53.